The van der Waals surface area contributed by atoms with Crippen molar-refractivity contribution in [3.05, 3.63) is 0 Å². The van der Waals surface area contributed by atoms with Crippen molar-refractivity contribution in [2.24, 2.45) is 0 Å². The molecule has 0 aromatic rings. The van der Waals surface area contributed by atoms with Gasteiger partial charge in [-0.25, -0.2) is 4.79 Å². The Hall–Kier alpha value is -0.610. The first-order valence-electron chi connectivity index (χ1n) is 9.58. The summed E-state index contributed by atoms with van der Waals surface area (Å²) in [6.07, 6.45) is 13.9. The average Bonchev–Trinajstić information content (AvgIpc) is 2.53. The Morgan fingerprint density at radius 2 is 1.09 bits per heavy atom. The monoisotopic (exact) mass is 330 g/mol. The molecule has 0 amide bonds. The molecule has 0 saturated heterocycles. The van der Waals surface area contributed by atoms with Crippen LogP contribution in [-0.4, -0.2) is 30.1 Å². The molecule has 0 bridgehead atoms. The zero-order valence-corrected chi connectivity index (χ0v) is 15.6. The van der Waals surface area contributed by atoms with Crippen molar-refractivity contribution in [3.63, 3.8) is 0 Å². The van der Waals surface area contributed by atoms with Gasteiger partial charge in [-0.3, -0.25) is 0 Å². The van der Waals surface area contributed by atoms with Gasteiger partial charge in [0, 0.05) is 6.92 Å². The predicted molar refractivity (Wildman–Crippen MR) is 94.7 cm³/mol. The number of rotatable bonds is 17. The molecular formula is C19H38O4. The summed E-state index contributed by atoms with van der Waals surface area (Å²) in [4.78, 5) is 11.4. The number of hydrogen-bond donors (Lipinski definition) is 1. The highest BCUT2D eigenvalue weighted by Gasteiger charge is 2.35. The Balaban J connectivity index is 3.77. The molecule has 0 radical (unpaired) electrons. The van der Waals surface area contributed by atoms with Crippen molar-refractivity contribution in [3.8, 4) is 0 Å². The van der Waals surface area contributed by atoms with Gasteiger partial charge >= 0.3 is 5.97 Å². The maximum Gasteiger partial charge on any atom is 0.364 e. The molecule has 0 unspecified atom stereocenters. The Bertz CT molecular complexity index is 261. The van der Waals surface area contributed by atoms with Crippen LogP contribution in [0.3, 0.4) is 0 Å². The maximum atomic E-state index is 11.4. The largest absolute Gasteiger partial charge is 0.477 e. The number of carboxylic acid groups (broad SMARTS) is 1. The number of aliphatic carboxylic acids is 1. The smallest absolute Gasteiger partial charge is 0.364 e. The lowest BCUT2D eigenvalue weighted by atomic mass is 10.1. The van der Waals surface area contributed by atoms with Gasteiger partial charge < -0.3 is 14.6 Å². The van der Waals surface area contributed by atoms with E-state index in [0.29, 0.717) is 13.2 Å². The molecule has 23 heavy (non-hydrogen) atoms. The van der Waals surface area contributed by atoms with E-state index < -0.39 is 11.8 Å². The predicted octanol–water partition coefficient (Wildman–Crippen LogP) is 5.54. The molecule has 4 nitrogen and oxygen atoms in total. The fourth-order valence-corrected chi connectivity index (χ4v) is 2.46. The van der Waals surface area contributed by atoms with Crippen LogP contribution in [0.2, 0.25) is 0 Å². The number of carbonyl (C=O) groups is 1. The van der Waals surface area contributed by atoms with E-state index in [-0.39, 0.29) is 0 Å². The molecule has 0 atom stereocenters. The molecule has 0 aliphatic carbocycles. The molecular weight excluding hydrogens is 292 g/mol. The topological polar surface area (TPSA) is 55.8 Å². The molecule has 0 aromatic carbocycles. The second-order valence-corrected chi connectivity index (χ2v) is 6.48. The maximum absolute atomic E-state index is 11.4. The molecule has 0 fully saturated rings. The van der Waals surface area contributed by atoms with Crippen LogP contribution in [0, 0.1) is 0 Å². The van der Waals surface area contributed by atoms with Gasteiger partial charge in [0.1, 0.15) is 0 Å². The summed E-state index contributed by atoms with van der Waals surface area (Å²) in [6, 6.07) is 0. The second-order valence-electron chi connectivity index (χ2n) is 6.48. The van der Waals surface area contributed by atoms with Crippen molar-refractivity contribution >= 4 is 5.97 Å². The van der Waals surface area contributed by atoms with Gasteiger partial charge in [0.2, 0.25) is 0 Å². The van der Waals surface area contributed by atoms with Crippen LogP contribution in [0.4, 0.5) is 0 Å². The molecule has 0 heterocycles. The highest BCUT2D eigenvalue weighted by atomic mass is 16.7. The highest BCUT2D eigenvalue weighted by Crippen LogP contribution is 2.16. The van der Waals surface area contributed by atoms with Crippen molar-refractivity contribution in [2.75, 3.05) is 13.2 Å². The van der Waals surface area contributed by atoms with Crippen molar-refractivity contribution in [2.45, 2.75) is 104 Å². The normalized spacial score (nSPS) is 11.8. The van der Waals surface area contributed by atoms with Gasteiger partial charge in [-0.05, 0) is 12.8 Å². The molecule has 0 aliphatic heterocycles. The van der Waals surface area contributed by atoms with Crippen LogP contribution >= 0.6 is 0 Å². The fourth-order valence-electron chi connectivity index (χ4n) is 2.46. The summed E-state index contributed by atoms with van der Waals surface area (Å²) in [6.45, 7) is 6.81. The molecule has 0 aliphatic rings. The van der Waals surface area contributed by atoms with E-state index in [1.54, 1.807) is 0 Å². The molecule has 0 aromatic heterocycles. The van der Waals surface area contributed by atoms with E-state index in [0.717, 1.165) is 25.7 Å². The average molecular weight is 331 g/mol. The van der Waals surface area contributed by atoms with E-state index in [2.05, 4.69) is 13.8 Å². The molecule has 4 heteroatoms. The first kappa shape index (κ1) is 22.4. The summed E-state index contributed by atoms with van der Waals surface area (Å²) in [5, 5.41) is 9.33. The number of unbranched alkanes of at least 4 members (excludes halogenated alkanes) is 10. The fraction of sp³-hybridized carbons (Fsp3) is 0.947. The Kier molecular flexibility index (Phi) is 14.6. The van der Waals surface area contributed by atoms with Gasteiger partial charge in [0.05, 0.1) is 13.2 Å². The first-order chi connectivity index (χ1) is 11.1. The number of ether oxygens (including phenoxy) is 2. The second kappa shape index (κ2) is 14.9. The zero-order chi connectivity index (χ0) is 17.4. The van der Waals surface area contributed by atoms with E-state index >= 15 is 0 Å². The third-order valence-corrected chi connectivity index (χ3v) is 4.14. The van der Waals surface area contributed by atoms with Crippen LogP contribution in [0.5, 0.6) is 0 Å². The lowest BCUT2D eigenvalue weighted by Crippen LogP contribution is -2.42. The van der Waals surface area contributed by atoms with E-state index in [4.69, 9.17) is 9.47 Å². The third kappa shape index (κ3) is 12.5. The molecule has 1 N–H and O–H groups in total. The summed E-state index contributed by atoms with van der Waals surface area (Å²) in [7, 11) is 0. The van der Waals surface area contributed by atoms with Gasteiger partial charge in [-0.15, -0.1) is 0 Å². The lowest BCUT2D eigenvalue weighted by Gasteiger charge is -2.25. The van der Waals surface area contributed by atoms with Crippen LogP contribution in [0.25, 0.3) is 0 Å². The van der Waals surface area contributed by atoms with Crippen LogP contribution in [-0.2, 0) is 14.3 Å². The summed E-state index contributed by atoms with van der Waals surface area (Å²) in [5.74, 6) is -2.53. The van der Waals surface area contributed by atoms with Crippen molar-refractivity contribution in [1.29, 1.82) is 0 Å². The van der Waals surface area contributed by atoms with Gasteiger partial charge in [0.15, 0.2) is 0 Å². The van der Waals surface area contributed by atoms with Crippen LogP contribution in [0.15, 0.2) is 0 Å². The summed E-state index contributed by atoms with van der Waals surface area (Å²) >= 11 is 0. The lowest BCUT2D eigenvalue weighted by molar-refractivity contribution is -0.237. The SMILES string of the molecule is CCCCCCCCOC(C)(OCCCCCCCC)C(=O)O. The van der Waals surface area contributed by atoms with Crippen LogP contribution in [0.1, 0.15) is 97.8 Å². The molecule has 0 rings (SSSR count). The van der Waals surface area contributed by atoms with Crippen molar-refractivity contribution in [1.82, 2.24) is 0 Å². The third-order valence-electron chi connectivity index (χ3n) is 4.14. The standard InChI is InChI=1S/C19H38O4/c1-4-6-8-10-12-14-16-22-19(3,18(20)21)23-17-15-13-11-9-7-5-2/h4-17H2,1-3H3,(H,20,21). The Labute approximate surface area is 142 Å². The molecule has 0 spiro atoms. The Morgan fingerprint density at radius 1 is 0.739 bits per heavy atom. The molecule has 0 saturated carbocycles. The van der Waals surface area contributed by atoms with Gasteiger partial charge in [-0.1, -0.05) is 78.1 Å². The van der Waals surface area contributed by atoms with Crippen molar-refractivity contribution < 1.29 is 19.4 Å². The van der Waals surface area contributed by atoms with Gasteiger partial charge in [-0.2, -0.15) is 0 Å². The van der Waals surface area contributed by atoms with E-state index in [9.17, 15) is 9.90 Å². The van der Waals surface area contributed by atoms with E-state index in [1.807, 2.05) is 0 Å². The minimum atomic E-state index is -1.49. The summed E-state index contributed by atoms with van der Waals surface area (Å²) in [5.41, 5.74) is 0. The van der Waals surface area contributed by atoms with E-state index in [1.165, 1.54) is 58.3 Å². The Morgan fingerprint density at radius 3 is 1.43 bits per heavy atom. The highest BCUT2D eigenvalue weighted by molar-refractivity contribution is 5.75. The zero-order valence-electron chi connectivity index (χ0n) is 15.6. The van der Waals surface area contributed by atoms with Crippen LogP contribution < -0.4 is 0 Å². The first-order valence-corrected chi connectivity index (χ1v) is 9.58. The minimum Gasteiger partial charge on any atom is -0.477 e. The summed E-state index contributed by atoms with van der Waals surface area (Å²) < 4.78 is 11.0. The number of carboxylic acids is 1. The minimum absolute atomic E-state index is 0.450. The quantitative estimate of drug-likeness (QED) is 0.281. The number of hydrogen-bond acceptors (Lipinski definition) is 3. The van der Waals surface area contributed by atoms with Gasteiger partial charge in [0.25, 0.3) is 5.79 Å². The molecule has 138 valence electrons.